The predicted molar refractivity (Wildman–Crippen MR) is 106 cm³/mol. The maximum Gasteiger partial charge on any atom is 0.422 e. The molecule has 1 saturated heterocycles. The van der Waals surface area contributed by atoms with E-state index in [1.165, 1.54) is 0 Å². The van der Waals surface area contributed by atoms with E-state index in [9.17, 15) is 13.2 Å². The van der Waals surface area contributed by atoms with Gasteiger partial charge in [-0.1, -0.05) is 12.1 Å². The Morgan fingerprint density at radius 3 is 2.61 bits per heavy atom. The topological polar surface area (TPSA) is 48.9 Å². The number of hydrogen-bond donors (Lipinski definition) is 2. The van der Waals surface area contributed by atoms with Crippen molar-refractivity contribution in [3.63, 3.8) is 0 Å². The number of nitrogens with one attached hydrogen (secondary N) is 2. The third kappa shape index (κ3) is 7.96. The number of rotatable bonds is 7. The van der Waals surface area contributed by atoms with E-state index < -0.39 is 12.8 Å². The van der Waals surface area contributed by atoms with Gasteiger partial charge in [-0.2, -0.15) is 13.2 Å². The Morgan fingerprint density at radius 1 is 1.25 bits per heavy atom. The van der Waals surface area contributed by atoms with E-state index in [1.54, 1.807) is 12.1 Å². The van der Waals surface area contributed by atoms with Crippen molar-refractivity contribution in [3.8, 4) is 5.75 Å². The van der Waals surface area contributed by atoms with Crippen LogP contribution in [0, 0.1) is 12.8 Å². The van der Waals surface area contributed by atoms with Gasteiger partial charge >= 0.3 is 6.18 Å². The summed E-state index contributed by atoms with van der Waals surface area (Å²) in [6, 6.07) is 5.24. The lowest BCUT2D eigenvalue weighted by atomic mass is 9.97. The molecule has 8 heteroatoms. The van der Waals surface area contributed by atoms with Crippen LogP contribution in [0.25, 0.3) is 0 Å². The minimum atomic E-state index is -4.37. The van der Waals surface area contributed by atoms with Gasteiger partial charge in [0.05, 0.1) is 6.54 Å². The maximum atomic E-state index is 12.5. The number of nitrogens with zero attached hydrogens (tertiary/aromatic N) is 2. The molecule has 28 heavy (non-hydrogen) atoms. The Labute approximate surface area is 165 Å². The number of guanidine groups is 1. The van der Waals surface area contributed by atoms with Crippen LogP contribution in [-0.4, -0.2) is 56.9 Å². The average Bonchev–Trinajstić information content (AvgIpc) is 2.64. The van der Waals surface area contributed by atoms with Crippen LogP contribution in [0.1, 0.15) is 30.9 Å². The third-order valence-electron chi connectivity index (χ3n) is 4.76. The van der Waals surface area contributed by atoms with Crippen molar-refractivity contribution in [2.24, 2.45) is 10.9 Å². The summed E-state index contributed by atoms with van der Waals surface area (Å²) in [5, 5.41) is 6.56. The van der Waals surface area contributed by atoms with Gasteiger partial charge in [-0.15, -0.1) is 0 Å². The number of piperidine rings is 1. The zero-order valence-corrected chi connectivity index (χ0v) is 16.9. The first-order chi connectivity index (χ1) is 13.3. The van der Waals surface area contributed by atoms with E-state index in [0.29, 0.717) is 24.0 Å². The van der Waals surface area contributed by atoms with Gasteiger partial charge in [-0.05, 0) is 64.4 Å². The fraction of sp³-hybridized carbons (Fsp3) is 0.650. The molecule has 0 radical (unpaired) electrons. The molecule has 1 heterocycles. The molecular formula is C20H31F3N4O. The smallest absolute Gasteiger partial charge is 0.422 e. The molecule has 0 atom stereocenters. The van der Waals surface area contributed by atoms with Crippen molar-refractivity contribution in [1.29, 1.82) is 0 Å². The summed E-state index contributed by atoms with van der Waals surface area (Å²) >= 11 is 0. The van der Waals surface area contributed by atoms with Crippen LogP contribution in [0.2, 0.25) is 0 Å². The van der Waals surface area contributed by atoms with E-state index in [1.807, 2.05) is 19.9 Å². The lowest BCUT2D eigenvalue weighted by molar-refractivity contribution is -0.153. The monoisotopic (exact) mass is 400 g/mol. The largest absolute Gasteiger partial charge is 0.484 e. The summed E-state index contributed by atoms with van der Waals surface area (Å²) in [7, 11) is 2.13. The summed E-state index contributed by atoms with van der Waals surface area (Å²) in [6.45, 7) is 6.50. The molecule has 0 aromatic heterocycles. The fourth-order valence-corrected chi connectivity index (χ4v) is 3.10. The zero-order valence-electron chi connectivity index (χ0n) is 16.9. The second-order valence-corrected chi connectivity index (χ2v) is 7.34. The Bertz CT molecular complexity index is 641. The molecule has 5 nitrogen and oxygen atoms in total. The molecule has 2 rings (SSSR count). The molecule has 0 unspecified atom stereocenters. The first-order valence-corrected chi connectivity index (χ1v) is 9.76. The molecule has 1 aliphatic heterocycles. The normalized spacial score (nSPS) is 16.9. The van der Waals surface area contributed by atoms with Crippen molar-refractivity contribution >= 4 is 5.96 Å². The van der Waals surface area contributed by atoms with Gasteiger partial charge in [0, 0.05) is 18.7 Å². The van der Waals surface area contributed by atoms with Crippen molar-refractivity contribution in [2.45, 2.75) is 39.4 Å². The molecule has 158 valence electrons. The lowest BCUT2D eigenvalue weighted by Gasteiger charge is -2.29. The number of alkyl halides is 3. The van der Waals surface area contributed by atoms with Gasteiger partial charge in [0.2, 0.25) is 0 Å². The molecule has 1 fully saturated rings. The minimum Gasteiger partial charge on any atom is -0.484 e. The van der Waals surface area contributed by atoms with Crippen molar-refractivity contribution < 1.29 is 17.9 Å². The molecule has 1 aliphatic rings. The Morgan fingerprint density at radius 2 is 1.96 bits per heavy atom. The van der Waals surface area contributed by atoms with Gasteiger partial charge < -0.3 is 20.3 Å². The maximum absolute atomic E-state index is 12.5. The van der Waals surface area contributed by atoms with Crippen LogP contribution in [-0.2, 0) is 6.54 Å². The van der Waals surface area contributed by atoms with Crippen molar-refractivity contribution in [2.75, 3.05) is 39.8 Å². The van der Waals surface area contributed by atoms with E-state index in [2.05, 4.69) is 27.6 Å². The number of aryl methyl sites for hydroxylation is 1. The van der Waals surface area contributed by atoms with Gasteiger partial charge in [0.15, 0.2) is 12.6 Å². The second-order valence-electron chi connectivity index (χ2n) is 7.34. The van der Waals surface area contributed by atoms with Gasteiger partial charge in [-0.25, -0.2) is 4.99 Å². The molecule has 2 N–H and O–H groups in total. The minimum absolute atomic E-state index is 0.229. The summed E-state index contributed by atoms with van der Waals surface area (Å²) in [4.78, 5) is 6.87. The first kappa shape index (κ1) is 22.3. The van der Waals surface area contributed by atoms with Crippen LogP contribution in [0.5, 0.6) is 5.75 Å². The van der Waals surface area contributed by atoms with E-state index in [0.717, 1.165) is 38.0 Å². The number of aliphatic imine (C=N–C) groups is 1. The highest BCUT2D eigenvalue weighted by atomic mass is 19.4. The number of hydrogen-bond acceptors (Lipinski definition) is 3. The Kier molecular flexibility index (Phi) is 8.41. The highest BCUT2D eigenvalue weighted by Crippen LogP contribution is 2.24. The molecule has 1 aromatic carbocycles. The van der Waals surface area contributed by atoms with E-state index >= 15 is 0 Å². The summed E-state index contributed by atoms with van der Waals surface area (Å²) in [5.74, 6) is 1.50. The SMILES string of the molecule is CCNC(=NCc1ccc(C)cc1OCC(F)(F)F)NCC1CCN(C)CC1. The van der Waals surface area contributed by atoms with Crippen LogP contribution < -0.4 is 15.4 Å². The fourth-order valence-electron chi connectivity index (χ4n) is 3.10. The standard InChI is InChI=1S/C20H31F3N4O/c1-4-24-19(25-12-16-7-9-27(3)10-8-16)26-13-17-6-5-15(2)11-18(17)28-14-20(21,22)23/h5-6,11,16H,4,7-10,12-14H2,1-3H3,(H2,24,25,26). The highest BCUT2D eigenvalue weighted by Gasteiger charge is 2.28. The number of likely N-dealkylation sites (tertiary alicyclic amines) is 1. The summed E-state index contributed by atoms with van der Waals surface area (Å²) < 4.78 is 42.5. The van der Waals surface area contributed by atoms with Crippen LogP contribution >= 0.6 is 0 Å². The Balaban J connectivity index is 1.99. The van der Waals surface area contributed by atoms with E-state index in [4.69, 9.17) is 4.74 Å². The molecular weight excluding hydrogens is 369 g/mol. The van der Waals surface area contributed by atoms with Crippen molar-refractivity contribution in [1.82, 2.24) is 15.5 Å². The van der Waals surface area contributed by atoms with Gasteiger partial charge in [0.1, 0.15) is 5.75 Å². The molecule has 0 bridgehead atoms. The lowest BCUT2D eigenvalue weighted by Crippen LogP contribution is -2.42. The zero-order chi connectivity index (χ0) is 20.6. The average molecular weight is 400 g/mol. The van der Waals surface area contributed by atoms with Crippen molar-refractivity contribution in [3.05, 3.63) is 29.3 Å². The van der Waals surface area contributed by atoms with Crippen LogP contribution in [0.3, 0.4) is 0 Å². The molecule has 0 aliphatic carbocycles. The number of halogens is 3. The molecule has 0 amide bonds. The third-order valence-corrected chi connectivity index (χ3v) is 4.76. The van der Waals surface area contributed by atoms with Crippen LogP contribution in [0.4, 0.5) is 13.2 Å². The second kappa shape index (κ2) is 10.5. The molecule has 1 aromatic rings. The van der Waals surface area contributed by atoms with Crippen LogP contribution in [0.15, 0.2) is 23.2 Å². The predicted octanol–water partition coefficient (Wildman–Crippen LogP) is 3.33. The summed E-state index contributed by atoms with van der Waals surface area (Å²) in [5.41, 5.74) is 1.48. The number of benzene rings is 1. The molecule has 0 spiro atoms. The first-order valence-electron chi connectivity index (χ1n) is 9.76. The quantitative estimate of drug-likeness (QED) is 0.545. The highest BCUT2D eigenvalue weighted by molar-refractivity contribution is 5.79. The van der Waals surface area contributed by atoms with Gasteiger partial charge in [0.25, 0.3) is 0 Å². The van der Waals surface area contributed by atoms with Gasteiger partial charge in [-0.3, -0.25) is 0 Å². The summed E-state index contributed by atoms with van der Waals surface area (Å²) in [6.07, 6.45) is -2.07. The Hall–Kier alpha value is -1.96. The molecule has 0 saturated carbocycles. The number of ether oxygens (including phenoxy) is 1. The van der Waals surface area contributed by atoms with E-state index in [-0.39, 0.29) is 12.3 Å².